The molecular weight excluding hydrogens is 1860 g/mol. The summed E-state index contributed by atoms with van der Waals surface area (Å²) < 4.78 is 28.1. The van der Waals surface area contributed by atoms with Gasteiger partial charge >= 0.3 is 0 Å². The van der Waals surface area contributed by atoms with Crippen molar-refractivity contribution in [2.75, 3.05) is 107 Å². The van der Waals surface area contributed by atoms with Crippen LogP contribution in [-0.4, -0.2) is 145 Å². The summed E-state index contributed by atoms with van der Waals surface area (Å²) in [5, 5.41) is 15.8. The summed E-state index contributed by atoms with van der Waals surface area (Å²) in [5.74, 6) is 3.57. The lowest BCUT2D eigenvalue weighted by Crippen LogP contribution is -2.33. The number of aromatic nitrogens is 10. The van der Waals surface area contributed by atoms with E-state index in [9.17, 15) is 14.4 Å². The third-order valence-electron chi connectivity index (χ3n) is 20.5. The first-order chi connectivity index (χ1) is 59.5. The number of nitrogens with one attached hydrogen (secondary N) is 3. The quantitative estimate of drug-likeness (QED) is 0.0460. The number of nitrogen functional groups attached to an aromatic ring is 6. The summed E-state index contributed by atoms with van der Waals surface area (Å²) in [4.78, 5) is 86.3. The van der Waals surface area contributed by atoms with Gasteiger partial charge in [-0.15, -0.1) is 34.0 Å². The normalized spacial score (nSPS) is 13.7. The Hall–Kier alpha value is -9.55. The second kappa shape index (κ2) is 38.3. The number of nitrogens with two attached hydrogens (primary N) is 6. The minimum atomic E-state index is -0.139. The highest BCUT2D eigenvalue weighted by molar-refractivity contribution is 7.21. The van der Waals surface area contributed by atoms with Crippen LogP contribution in [0.3, 0.4) is 0 Å². The smallest absolute Gasteiger partial charge is 0.261 e. The van der Waals surface area contributed by atoms with Crippen molar-refractivity contribution in [2.45, 2.75) is 85.5 Å². The number of ether oxygens (including phenoxy) is 5. The number of aryl methyl sites for hydroxylation is 2. The standard InChI is InChI=1S/C21H21Cl2N5O2S.2C18H16Cl2N4O2S.C13H12Cl2N4O.C13H11Cl2N3O/c22-13-10-14(23)18-11(3-8-30-18)16(13)17-12-9-15(31-20(12)27-21(24)26-17)19(29)25-4-7-28-5-1-2-6-28;2*1-2-4-22-16(25)12-6-9-14(23-18(21)24-17(9)27-12)13-8-3-5-26-15(8)11(20)7-10(13)19;1-5-10(16)11(19-13(17)18-5)9-6-2-3-20-12(6)8(15)4-7(9)14;1-6-4-10(18-13(16)17-6)11-7-2-3-19-12(7)9(15)5-8(11)14/h9-10H,1-8H2,(H,25,29)(H2,24,26,27);2*6-7H,2-5H2,1H3,(H,22,25)(H2,21,23,24);4H,2-3,16H2,1H3,(H2,17,18,19);4-5H,2-3H2,1H3,(H2,16,17,18). The highest BCUT2D eigenvalue weighted by Crippen LogP contribution is 2.52. The summed E-state index contributed by atoms with van der Waals surface area (Å²) in [5.41, 5.74) is 48.6. The summed E-state index contributed by atoms with van der Waals surface area (Å²) in [6, 6.07) is 15.5. The zero-order valence-electron chi connectivity index (χ0n) is 66.5. The van der Waals surface area contributed by atoms with E-state index < -0.39 is 0 Å². The molecule has 14 heterocycles. The Labute approximate surface area is 771 Å². The van der Waals surface area contributed by atoms with E-state index in [4.69, 9.17) is 174 Å². The minimum Gasteiger partial charge on any atom is -0.491 e. The fourth-order valence-corrected chi connectivity index (χ4v) is 21.2. The van der Waals surface area contributed by atoms with Crippen LogP contribution < -0.4 is 74.0 Å². The Bertz CT molecular complexity index is 6270. The molecule has 28 nitrogen and oxygen atoms in total. The molecule has 5 aromatic carbocycles. The number of anilines is 6. The Kier molecular flexibility index (Phi) is 27.6. The van der Waals surface area contributed by atoms with Crippen molar-refractivity contribution in [3.05, 3.63) is 159 Å². The lowest BCUT2D eigenvalue weighted by atomic mass is 10.00. The van der Waals surface area contributed by atoms with Gasteiger partial charge < -0.3 is 78.9 Å². The molecule has 15 N–H and O–H groups in total. The molecule has 41 heteroatoms. The average Bonchev–Trinajstić information content (AvgIpc) is 1.61. The number of amides is 3. The number of hydrogen-bond donors (Lipinski definition) is 9. The van der Waals surface area contributed by atoms with Crippen molar-refractivity contribution >= 4 is 234 Å². The Morgan fingerprint density at radius 2 is 0.669 bits per heavy atom. The van der Waals surface area contributed by atoms with Gasteiger partial charge in [0.25, 0.3) is 17.7 Å². The molecule has 0 saturated carbocycles. The Morgan fingerprint density at radius 1 is 0.371 bits per heavy atom. The fraction of sp³-hybridized carbons (Fsp3) is 0.289. The van der Waals surface area contributed by atoms with Crippen LogP contribution in [-0.2, 0) is 32.1 Å². The lowest BCUT2D eigenvalue weighted by molar-refractivity contribution is 0.0947. The van der Waals surface area contributed by atoms with Gasteiger partial charge in [0.1, 0.15) is 48.9 Å². The van der Waals surface area contributed by atoms with Gasteiger partial charge in [0, 0.05) is 136 Å². The lowest BCUT2D eigenvalue weighted by Gasteiger charge is -2.14. The number of carbonyl (C=O) groups excluding carboxylic acids is 3. The highest BCUT2D eigenvalue weighted by atomic mass is 35.5. The Balaban J connectivity index is 0.000000121. The summed E-state index contributed by atoms with van der Waals surface area (Å²) in [6.45, 7) is 15.3. The van der Waals surface area contributed by atoms with E-state index >= 15 is 0 Å². The van der Waals surface area contributed by atoms with E-state index in [1.807, 2.05) is 32.9 Å². The topological polar surface area (TPSA) is 422 Å². The Morgan fingerprint density at radius 3 is 1.01 bits per heavy atom. The van der Waals surface area contributed by atoms with Gasteiger partial charge in [0.05, 0.1) is 132 Å². The van der Waals surface area contributed by atoms with Crippen LogP contribution in [0.15, 0.2) is 54.6 Å². The largest absolute Gasteiger partial charge is 0.491 e. The summed E-state index contributed by atoms with van der Waals surface area (Å²) >= 11 is 67.2. The maximum Gasteiger partial charge on any atom is 0.261 e. The molecule has 3 amide bonds. The van der Waals surface area contributed by atoms with Crippen molar-refractivity contribution < 1.29 is 38.1 Å². The predicted molar refractivity (Wildman–Crippen MR) is 499 cm³/mol. The van der Waals surface area contributed by atoms with E-state index in [0.717, 1.165) is 116 Å². The molecule has 6 aliphatic heterocycles. The minimum absolute atomic E-state index is 0.123. The molecule has 13 aromatic rings. The first kappa shape index (κ1) is 89.3. The fourth-order valence-electron chi connectivity index (χ4n) is 15.1. The molecule has 1 saturated heterocycles. The van der Waals surface area contributed by atoms with Crippen LogP contribution in [0.1, 0.15) is 108 Å². The van der Waals surface area contributed by atoms with Crippen molar-refractivity contribution in [3.63, 3.8) is 0 Å². The molecule has 124 heavy (non-hydrogen) atoms. The van der Waals surface area contributed by atoms with Gasteiger partial charge in [0.15, 0.2) is 0 Å². The first-order valence-electron chi connectivity index (χ1n) is 39.0. The molecule has 1 fully saturated rings. The number of likely N-dealkylation sites (tertiary alicyclic amines) is 1. The van der Waals surface area contributed by atoms with Gasteiger partial charge in [-0.3, -0.25) is 14.4 Å². The predicted octanol–water partition coefficient (Wildman–Crippen LogP) is 18.8. The van der Waals surface area contributed by atoms with Crippen LogP contribution in [0.5, 0.6) is 28.7 Å². The van der Waals surface area contributed by atoms with Crippen LogP contribution in [0, 0.1) is 13.8 Å². The van der Waals surface area contributed by atoms with Crippen LogP contribution >= 0.6 is 150 Å². The SMILES string of the molecule is CCCNC(=O)c1cc2c(-c3c(Cl)cc(Cl)c4c3CCO4)nc(N)nc2s1.CCCNC(=O)c1cc2c(-c3c(Cl)cc(Cl)c4c3CCO4)nc(N)nc2s1.Cc1cc(-c2c(Cl)cc(Cl)c3c2CCO3)nc(N)n1.Cc1nc(N)nc(-c2c(Cl)cc(Cl)c3c2CCO3)c1N.Nc1nc(-c2c(Cl)cc(Cl)c3c2CCO3)c2cc(C(=O)NCCN3CCCC3)sc2n1. The molecule has 19 rings (SSSR count). The van der Waals surface area contributed by atoms with Gasteiger partial charge in [-0.25, -0.2) is 49.8 Å². The second-order valence-corrected chi connectivity index (χ2v) is 36.0. The van der Waals surface area contributed by atoms with E-state index in [1.54, 1.807) is 49.4 Å². The summed E-state index contributed by atoms with van der Waals surface area (Å²) in [6.07, 6.45) is 7.66. The van der Waals surface area contributed by atoms with Gasteiger partial charge in [0.2, 0.25) is 29.7 Å². The van der Waals surface area contributed by atoms with Crippen molar-refractivity contribution in [1.82, 2.24) is 70.7 Å². The maximum atomic E-state index is 12.8. The molecule has 6 aliphatic rings. The van der Waals surface area contributed by atoms with Gasteiger partial charge in [-0.1, -0.05) is 130 Å². The molecule has 0 aliphatic carbocycles. The van der Waals surface area contributed by atoms with Crippen molar-refractivity contribution in [2.24, 2.45) is 0 Å². The molecule has 0 unspecified atom stereocenters. The molecular formula is C83H76Cl10N20O8S3. The van der Waals surface area contributed by atoms with Gasteiger partial charge in [-0.05, 0) is 107 Å². The summed E-state index contributed by atoms with van der Waals surface area (Å²) in [7, 11) is 0. The molecule has 0 bridgehead atoms. The van der Waals surface area contributed by atoms with Crippen molar-refractivity contribution in [1.29, 1.82) is 0 Å². The maximum absolute atomic E-state index is 12.8. The molecule has 644 valence electrons. The van der Waals surface area contributed by atoms with E-state index in [0.29, 0.717) is 226 Å². The zero-order chi connectivity index (χ0) is 87.8. The van der Waals surface area contributed by atoms with Gasteiger partial charge in [-0.2, -0.15) is 0 Å². The number of carbonyl (C=O) groups is 3. The third-order valence-corrected chi connectivity index (χ3v) is 26.5. The zero-order valence-corrected chi connectivity index (χ0v) is 76.5. The second-order valence-electron chi connectivity index (χ2n) is 28.9. The molecule has 0 spiro atoms. The molecule has 0 atom stereocenters. The van der Waals surface area contributed by atoms with Crippen LogP contribution in [0.4, 0.5) is 35.4 Å². The number of thiophene rings is 3. The van der Waals surface area contributed by atoms with E-state index in [2.05, 4.69) is 70.7 Å². The highest BCUT2D eigenvalue weighted by Gasteiger charge is 2.33. The first-order valence-corrected chi connectivity index (χ1v) is 45.3. The van der Waals surface area contributed by atoms with E-state index in [1.165, 1.54) is 46.9 Å². The molecule has 8 aromatic heterocycles. The number of benzene rings is 5. The average molecular weight is 1930 g/mol. The van der Waals surface area contributed by atoms with Crippen molar-refractivity contribution in [3.8, 4) is 85.0 Å². The van der Waals surface area contributed by atoms with E-state index in [-0.39, 0.29) is 47.5 Å². The molecule has 0 radical (unpaired) electrons. The van der Waals surface area contributed by atoms with Crippen LogP contribution in [0.2, 0.25) is 50.2 Å². The third kappa shape index (κ3) is 18.7. The number of hydrogen-bond acceptors (Lipinski definition) is 28. The number of halogens is 10. The van der Waals surface area contributed by atoms with Crippen LogP contribution in [0.25, 0.3) is 86.9 Å². The number of rotatable bonds is 15. The number of nitrogens with zero attached hydrogens (tertiary/aromatic N) is 11. The monoisotopic (exact) mass is 1930 g/mol. The number of fused-ring (bicyclic) bond motifs is 8.